The Hall–Kier alpha value is -3.36. The van der Waals surface area contributed by atoms with E-state index in [4.69, 9.17) is 23.2 Å². The molecule has 4 rings (SSSR count). The van der Waals surface area contributed by atoms with Gasteiger partial charge in [0.25, 0.3) is 11.8 Å². The summed E-state index contributed by atoms with van der Waals surface area (Å²) in [4.78, 5) is 31.2. The smallest absolute Gasteiger partial charge is 0.322 e. The van der Waals surface area contributed by atoms with E-state index in [-0.39, 0.29) is 27.0 Å². The number of alkyl halides is 3. The highest BCUT2D eigenvalue weighted by molar-refractivity contribution is 6.35. The summed E-state index contributed by atoms with van der Waals surface area (Å²) in [5.41, 5.74) is 1.24. The van der Waals surface area contributed by atoms with Gasteiger partial charge in [-0.3, -0.25) is 14.5 Å². The van der Waals surface area contributed by atoms with Gasteiger partial charge in [-0.1, -0.05) is 71.7 Å². The number of aliphatic imine (C=N–C) groups is 1. The Morgan fingerprint density at radius 2 is 1.59 bits per heavy atom. The van der Waals surface area contributed by atoms with Crippen LogP contribution in [-0.2, 0) is 4.79 Å². The van der Waals surface area contributed by atoms with Crippen LogP contribution in [0.2, 0.25) is 10.0 Å². The first kappa shape index (κ1) is 23.8. The van der Waals surface area contributed by atoms with Crippen molar-refractivity contribution in [2.75, 3.05) is 11.4 Å². The number of rotatable bonds is 4. The second kappa shape index (κ2) is 9.48. The third-order valence-electron chi connectivity index (χ3n) is 4.99. The average molecular weight is 506 g/mol. The number of hydrogen-bond donors (Lipinski definition) is 1. The van der Waals surface area contributed by atoms with Gasteiger partial charge in [-0.2, -0.15) is 13.2 Å². The minimum absolute atomic E-state index is 0.0332. The van der Waals surface area contributed by atoms with Crippen LogP contribution < -0.4 is 10.2 Å². The summed E-state index contributed by atoms with van der Waals surface area (Å²) < 4.78 is 40.4. The standard InChI is InChI=1S/C24H16Cl2F3N3O2/c25-16-10-15(11-17(26)12-16)22(33)31-21-23(34)32(13-24(27,28)29)19-9-5-4-8-18(19)20(30-21)14-6-2-1-3-7-14/h1-12,21H,13H2,(H,31,33)/t21-/m0/s1. The van der Waals surface area contributed by atoms with Gasteiger partial charge in [-0.05, 0) is 24.3 Å². The third kappa shape index (κ3) is 5.24. The van der Waals surface area contributed by atoms with E-state index in [1.54, 1.807) is 42.5 Å². The van der Waals surface area contributed by atoms with E-state index in [1.807, 2.05) is 0 Å². The SMILES string of the molecule is O=C(N[C@@H]1N=C(c2ccccc2)c2ccccc2N(CC(F)(F)F)C1=O)c1cc(Cl)cc(Cl)c1. The van der Waals surface area contributed by atoms with Crippen LogP contribution in [0, 0.1) is 0 Å². The molecule has 3 aromatic rings. The first-order chi connectivity index (χ1) is 16.1. The molecule has 34 heavy (non-hydrogen) atoms. The molecule has 1 aliphatic heterocycles. The van der Waals surface area contributed by atoms with E-state index in [9.17, 15) is 22.8 Å². The van der Waals surface area contributed by atoms with Crippen molar-refractivity contribution in [3.8, 4) is 0 Å². The van der Waals surface area contributed by atoms with Gasteiger partial charge in [0.15, 0.2) is 0 Å². The number of benzene rings is 3. The first-order valence-corrected chi connectivity index (χ1v) is 10.8. The van der Waals surface area contributed by atoms with Gasteiger partial charge in [0.05, 0.1) is 11.4 Å². The normalized spacial score (nSPS) is 15.9. The average Bonchev–Trinajstić information content (AvgIpc) is 2.89. The van der Waals surface area contributed by atoms with Gasteiger partial charge in [-0.15, -0.1) is 0 Å². The molecular formula is C24H16Cl2F3N3O2. The van der Waals surface area contributed by atoms with Crippen LogP contribution in [0.25, 0.3) is 0 Å². The Bertz CT molecular complexity index is 1260. The summed E-state index contributed by atoms with van der Waals surface area (Å²) in [5.74, 6) is -1.80. The zero-order valence-corrected chi connectivity index (χ0v) is 18.8. The molecule has 1 heterocycles. The molecule has 0 spiro atoms. The van der Waals surface area contributed by atoms with E-state index in [0.29, 0.717) is 16.0 Å². The van der Waals surface area contributed by atoms with Crippen LogP contribution in [0.4, 0.5) is 18.9 Å². The van der Waals surface area contributed by atoms with Crippen molar-refractivity contribution in [2.24, 2.45) is 4.99 Å². The predicted octanol–water partition coefficient (Wildman–Crippen LogP) is 5.50. The van der Waals surface area contributed by atoms with Crippen LogP contribution in [0.3, 0.4) is 0 Å². The molecule has 174 valence electrons. The molecule has 0 bridgehead atoms. The highest BCUT2D eigenvalue weighted by Crippen LogP contribution is 2.31. The number of carbonyl (C=O) groups excluding carboxylic acids is 2. The van der Waals surface area contributed by atoms with E-state index in [2.05, 4.69) is 10.3 Å². The highest BCUT2D eigenvalue weighted by atomic mass is 35.5. The maximum absolute atomic E-state index is 13.5. The minimum Gasteiger partial charge on any atom is -0.322 e. The summed E-state index contributed by atoms with van der Waals surface area (Å²) in [6.45, 7) is -1.55. The number of amides is 2. The van der Waals surface area contributed by atoms with Crippen molar-refractivity contribution in [1.29, 1.82) is 0 Å². The second-order valence-corrected chi connectivity index (χ2v) is 8.31. The fourth-order valence-electron chi connectivity index (χ4n) is 3.58. The summed E-state index contributed by atoms with van der Waals surface area (Å²) in [7, 11) is 0. The largest absolute Gasteiger partial charge is 0.406 e. The fraction of sp³-hybridized carbons (Fsp3) is 0.125. The quantitative estimate of drug-likeness (QED) is 0.509. The van der Waals surface area contributed by atoms with Crippen molar-refractivity contribution in [3.05, 3.63) is 99.5 Å². The van der Waals surface area contributed by atoms with Gasteiger partial charge in [0, 0.05) is 26.7 Å². The number of fused-ring (bicyclic) bond motifs is 1. The molecule has 1 atom stereocenters. The third-order valence-corrected chi connectivity index (χ3v) is 5.42. The summed E-state index contributed by atoms with van der Waals surface area (Å²) in [6, 6.07) is 18.9. The maximum Gasteiger partial charge on any atom is 0.406 e. The molecule has 0 saturated heterocycles. The van der Waals surface area contributed by atoms with E-state index in [1.165, 1.54) is 30.3 Å². The predicted molar refractivity (Wildman–Crippen MR) is 125 cm³/mol. The lowest BCUT2D eigenvalue weighted by molar-refractivity contribution is -0.133. The monoisotopic (exact) mass is 505 g/mol. The zero-order chi connectivity index (χ0) is 24.5. The lowest BCUT2D eigenvalue weighted by Crippen LogP contribution is -2.50. The Labute approximate surface area is 202 Å². The highest BCUT2D eigenvalue weighted by Gasteiger charge is 2.40. The molecule has 5 nitrogen and oxygen atoms in total. The van der Waals surface area contributed by atoms with Crippen molar-refractivity contribution >= 4 is 46.4 Å². The fourth-order valence-corrected chi connectivity index (χ4v) is 4.11. The van der Waals surface area contributed by atoms with Gasteiger partial charge >= 0.3 is 6.18 Å². The number of nitrogens with one attached hydrogen (secondary N) is 1. The molecule has 0 radical (unpaired) electrons. The molecule has 1 N–H and O–H groups in total. The molecule has 1 aliphatic rings. The Kier molecular flexibility index (Phi) is 6.63. The van der Waals surface area contributed by atoms with Gasteiger partial charge < -0.3 is 5.32 Å². The van der Waals surface area contributed by atoms with E-state index in [0.717, 1.165) is 0 Å². The lowest BCUT2D eigenvalue weighted by Gasteiger charge is -2.26. The van der Waals surface area contributed by atoms with E-state index >= 15 is 0 Å². The van der Waals surface area contributed by atoms with Crippen LogP contribution >= 0.6 is 23.2 Å². The molecule has 3 aromatic carbocycles. The summed E-state index contributed by atoms with van der Waals surface area (Å²) in [6.07, 6.45) is -6.31. The van der Waals surface area contributed by atoms with Crippen molar-refractivity contribution in [2.45, 2.75) is 12.3 Å². The number of para-hydroxylation sites is 1. The number of benzodiazepines with no additional fused rings is 1. The lowest BCUT2D eigenvalue weighted by atomic mass is 10.0. The Morgan fingerprint density at radius 3 is 2.24 bits per heavy atom. The van der Waals surface area contributed by atoms with E-state index < -0.39 is 30.7 Å². The van der Waals surface area contributed by atoms with Crippen LogP contribution in [0.15, 0.2) is 77.8 Å². The Balaban J connectivity index is 1.83. The van der Waals surface area contributed by atoms with Crippen LogP contribution in [0.5, 0.6) is 0 Å². The van der Waals surface area contributed by atoms with Gasteiger partial charge in [0.1, 0.15) is 6.54 Å². The first-order valence-electron chi connectivity index (χ1n) is 10.00. The van der Waals surface area contributed by atoms with Gasteiger partial charge in [-0.25, -0.2) is 4.99 Å². The molecule has 0 aromatic heterocycles. The molecule has 10 heteroatoms. The molecule has 0 unspecified atom stereocenters. The molecule has 0 aliphatic carbocycles. The zero-order valence-electron chi connectivity index (χ0n) is 17.3. The second-order valence-electron chi connectivity index (χ2n) is 7.43. The topological polar surface area (TPSA) is 61.8 Å². The number of halogens is 5. The van der Waals surface area contributed by atoms with Crippen molar-refractivity contribution < 1.29 is 22.8 Å². The summed E-state index contributed by atoms with van der Waals surface area (Å²) >= 11 is 11.9. The Morgan fingerprint density at radius 1 is 0.971 bits per heavy atom. The minimum atomic E-state index is -4.69. The maximum atomic E-state index is 13.5. The molecule has 2 amide bonds. The number of hydrogen-bond acceptors (Lipinski definition) is 3. The number of nitrogens with zero attached hydrogens (tertiary/aromatic N) is 2. The van der Waals surface area contributed by atoms with Gasteiger partial charge in [0.2, 0.25) is 6.17 Å². The molecular weight excluding hydrogens is 490 g/mol. The van der Waals surface area contributed by atoms with Crippen LogP contribution in [0.1, 0.15) is 21.5 Å². The number of anilines is 1. The van der Waals surface area contributed by atoms with Crippen LogP contribution in [-0.4, -0.2) is 36.4 Å². The molecule has 0 saturated carbocycles. The van der Waals surface area contributed by atoms with Crippen molar-refractivity contribution in [1.82, 2.24) is 5.32 Å². The van der Waals surface area contributed by atoms with Crippen molar-refractivity contribution in [3.63, 3.8) is 0 Å². The summed E-state index contributed by atoms with van der Waals surface area (Å²) in [5, 5.41) is 2.80. The molecule has 0 fully saturated rings. The number of carbonyl (C=O) groups is 2.